The molecule has 4 rings (SSSR count). The maximum absolute atomic E-state index is 10.8. The van der Waals surface area contributed by atoms with Crippen LogP contribution < -0.4 is 20.5 Å². The molecule has 8 heteroatoms. The van der Waals surface area contributed by atoms with Crippen LogP contribution in [0.25, 0.3) is 0 Å². The molecule has 0 aromatic heterocycles. The van der Waals surface area contributed by atoms with Gasteiger partial charge in [0.1, 0.15) is 0 Å². The van der Waals surface area contributed by atoms with Gasteiger partial charge in [-0.1, -0.05) is 6.07 Å². The molecule has 1 aromatic carbocycles. The van der Waals surface area contributed by atoms with Gasteiger partial charge >= 0.3 is 6.03 Å². The Morgan fingerprint density at radius 1 is 1.11 bits per heavy atom. The number of fused-ring (bicyclic) bond motifs is 1. The molecule has 3 N–H and O–H groups in total. The number of nitrogens with two attached hydrogens (primary N) is 1. The molecule has 0 radical (unpaired) electrons. The Hall–Kier alpha value is -2.03. The molecule has 1 unspecified atom stereocenters. The summed E-state index contributed by atoms with van der Waals surface area (Å²) in [7, 11) is 0. The van der Waals surface area contributed by atoms with Crippen LogP contribution in [0.3, 0.4) is 0 Å². The Morgan fingerprint density at radius 3 is 2.75 bits per heavy atom. The number of likely N-dealkylation sites (tertiary alicyclic amines) is 1. The lowest BCUT2D eigenvalue weighted by Crippen LogP contribution is -2.55. The van der Waals surface area contributed by atoms with Gasteiger partial charge in [-0.2, -0.15) is 0 Å². The van der Waals surface area contributed by atoms with E-state index in [-0.39, 0.29) is 0 Å². The third-order valence-corrected chi connectivity index (χ3v) is 5.97. The van der Waals surface area contributed by atoms with Crippen LogP contribution in [0.5, 0.6) is 11.5 Å². The molecule has 0 saturated carbocycles. The van der Waals surface area contributed by atoms with E-state index in [9.17, 15) is 4.79 Å². The monoisotopic (exact) mass is 389 g/mol. The van der Waals surface area contributed by atoms with Crippen molar-refractivity contribution in [2.45, 2.75) is 25.4 Å². The zero-order valence-electron chi connectivity index (χ0n) is 16.4. The molecule has 0 spiro atoms. The van der Waals surface area contributed by atoms with Crippen LogP contribution in [0, 0.1) is 0 Å². The van der Waals surface area contributed by atoms with Gasteiger partial charge in [-0.3, -0.25) is 9.80 Å². The smallest absolute Gasteiger partial charge is 0.312 e. The molecule has 154 valence electrons. The maximum atomic E-state index is 10.8. The fraction of sp³-hybridized carbons (Fsp3) is 0.650. The third kappa shape index (κ3) is 4.87. The van der Waals surface area contributed by atoms with E-state index in [0.29, 0.717) is 19.4 Å². The van der Waals surface area contributed by atoms with Crippen molar-refractivity contribution < 1.29 is 14.3 Å². The average molecular weight is 390 g/mol. The van der Waals surface area contributed by atoms with Gasteiger partial charge in [-0.15, -0.1) is 0 Å². The highest BCUT2D eigenvalue weighted by molar-refractivity contribution is 5.71. The van der Waals surface area contributed by atoms with E-state index in [4.69, 9.17) is 15.2 Å². The van der Waals surface area contributed by atoms with Crippen LogP contribution in [-0.2, 0) is 6.54 Å². The largest absolute Gasteiger partial charge is 0.454 e. The van der Waals surface area contributed by atoms with Crippen LogP contribution in [0.15, 0.2) is 18.2 Å². The minimum Gasteiger partial charge on any atom is -0.454 e. The molecular formula is C20H31N5O3. The molecule has 3 aliphatic rings. The number of benzene rings is 1. The number of piperidine rings is 1. The first-order valence-electron chi connectivity index (χ1n) is 10.3. The van der Waals surface area contributed by atoms with Gasteiger partial charge < -0.3 is 25.4 Å². The van der Waals surface area contributed by atoms with Crippen LogP contribution in [0.4, 0.5) is 4.79 Å². The second kappa shape index (κ2) is 8.98. The molecule has 28 heavy (non-hydrogen) atoms. The number of carbonyl (C=O) groups excluding carboxylic acids is 1. The highest BCUT2D eigenvalue weighted by atomic mass is 16.7. The fourth-order valence-electron chi connectivity index (χ4n) is 4.45. The molecule has 1 atom stereocenters. The molecule has 3 aliphatic heterocycles. The van der Waals surface area contributed by atoms with Crippen molar-refractivity contribution >= 4 is 6.03 Å². The van der Waals surface area contributed by atoms with Gasteiger partial charge in [-0.25, -0.2) is 4.79 Å². The topological polar surface area (TPSA) is 83.3 Å². The standard InChI is InChI=1S/C20H31N5O3/c21-20(26)22-5-7-23-6-1-2-17(14-23)25-10-8-24(9-11-25)13-16-3-4-18-19(12-16)28-15-27-18/h3-4,12,17H,1-2,5-11,13-15H2,(H3,21,22,26). The van der Waals surface area contributed by atoms with Crippen molar-refractivity contribution in [3.63, 3.8) is 0 Å². The summed E-state index contributed by atoms with van der Waals surface area (Å²) < 4.78 is 10.9. The summed E-state index contributed by atoms with van der Waals surface area (Å²) in [6, 6.07) is 6.44. The molecule has 2 amide bonds. The predicted molar refractivity (Wildman–Crippen MR) is 106 cm³/mol. The number of primary amides is 1. The summed E-state index contributed by atoms with van der Waals surface area (Å²) in [6.07, 6.45) is 2.49. The zero-order chi connectivity index (χ0) is 19.3. The number of nitrogens with zero attached hydrogens (tertiary/aromatic N) is 3. The Balaban J connectivity index is 1.22. The SMILES string of the molecule is NC(=O)NCCN1CCCC(N2CCN(Cc3ccc4c(c3)OCO4)CC2)C1. The van der Waals surface area contributed by atoms with Gasteiger partial charge in [0.2, 0.25) is 6.79 Å². The lowest BCUT2D eigenvalue weighted by Gasteiger charge is -2.43. The predicted octanol–water partition coefficient (Wildman–Crippen LogP) is 0.666. The van der Waals surface area contributed by atoms with E-state index in [2.05, 4.69) is 32.1 Å². The molecule has 2 saturated heterocycles. The summed E-state index contributed by atoms with van der Waals surface area (Å²) in [5.41, 5.74) is 6.43. The molecular weight excluding hydrogens is 358 g/mol. The molecule has 0 bridgehead atoms. The Bertz CT molecular complexity index is 678. The van der Waals surface area contributed by atoms with Crippen molar-refractivity contribution in [3.05, 3.63) is 23.8 Å². The maximum Gasteiger partial charge on any atom is 0.312 e. The third-order valence-electron chi connectivity index (χ3n) is 5.97. The van der Waals surface area contributed by atoms with E-state index in [1.807, 2.05) is 6.07 Å². The summed E-state index contributed by atoms with van der Waals surface area (Å²) in [6.45, 7) is 9.40. The van der Waals surface area contributed by atoms with Gasteiger partial charge in [0.15, 0.2) is 11.5 Å². The van der Waals surface area contributed by atoms with Crippen molar-refractivity contribution in [2.75, 3.05) is 59.2 Å². The Labute approximate surface area is 166 Å². The van der Waals surface area contributed by atoms with Gasteiger partial charge in [-0.05, 0) is 37.1 Å². The van der Waals surface area contributed by atoms with E-state index >= 15 is 0 Å². The first kappa shape index (κ1) is 19.3. The summed E-state index contributed by atoms with van der Waals surface area (Å²) >= 11 is 0. The number of hydrogen-bond acceptors (Lipinski definition) is 6. The second-order valence-corrected chi connectivity index (χ2v) is 7.89. The van der Waals surface area contributed by atoms with Gasteiger partial charge in [0.05, 0.1) is 0 Å². The molecule has 0 aliphatic carbocycles. The second-order valence-electron chi connectivity index (χ2n) is 7.89. The summed E-state index contributed by atoms with van der Waals surface area (Å²) in [5, 5.41) is 2.69. The highest BCUT2D eigenvalue weighted by Crippen LogP contribution is 2.33. The quantitative estimate of drug-likeness (QED) is 0.744. The average Bonchev–Trinajstić information content (AvgIpc) is 3.16. The number of hydrogen-bond donors (Lipinski definition) is 2. The van der Waals surface area contributed by atoms with E-state index < -0.39 is 6.03 Å². The van der Waals surface area contributed by atoms with E-state index in [1.165, 1.54) is 18.4 Å². The fourth-order valence-corrected chi connectivity index (χ4v) is 4.45. The molecule has 8 nitrogen and oxygen atoms in total. The first-order valence-corrected chi connectivity index (χ1v) is 10.3. The number of carbonyl (C=O) groups is 1. The molecule has 3 heterocycles. The minimum atomic E-state index is -0.438. The minimum absolute atomic E-state index is 0.328. The van der Waals surface area contributed by atoms with Crippen molar-refractivity contribution in [3.8, 4) is 11.5 Å². The van der Waals surface area contributed by atoms with E-state index in [1.54, 1.807) is 0 Å². The van der Waals surface area contributed by atoms with Crippen LogP contribution in [-0.4, -0.2) is 85.9 Å². The number of nitrogens with one attached hydrogen (secondary N) is 1. The Morgan fingerprint density at radius 2 is 1.93 bits per heavy atom. The number of urea groups is 1. The Kier molecular flexibility index (Phi) is 6.19. The van der Waals surface area contributed by atoms with Crippen molar-refractivity contribution in [2.24, 2.45) is 5.73 Å². The van der Waals surface area contributed by atoms with E-state index in [0.717, 1.165) is 63.9 Å². The lowest BCUT2D eigenvalue weighted by atomic mass is 10.0. The lowest BCUT2D eigenvalue weighted by molar-refractivity contribution is 0.0504. The number of ether oxygens (including phenoxy) is 2. The number of piperazine rings is 1. The molecule has 2 fully saturated rings. The van der Waals surface area contributed by atoms with Crippen LogP contribution in [0.1, 0.15) is 18.4 Å². The number of amides is 2. The molecule has 1 aromatic rings. The van der Waals surface area contributed by atoms with Crippen LogP contribution >= 0.6 is 0 Å². The summed E-state index contributed by atoms with van der Waals surface area (Å²) in [5.74, 6) is 1.71. The zero-order valence-corrected chi connectivity index (χ0v) is 16.4. The van der Waals surface area contributed by atoms with Gasteiger partial charge in [0.25, 0.3) is 0 Å². The van der Waals surface area contributed by atoms with Gasteiger partial charge in [0, 0.05) is 58.4 Å². The van der Waals surface area contributed by atoms with Crippen molar-refractivity contribution in [1.82, 2.24) is 20.0 Å². The highest BCUT2D eigenvalue weighted by Gasteiger charge is 2.28. The summed E-state index contributed by atoms with van der Waals surface area (Å²) in [4.78, 5) is 18.4. The van der Waals surface area contributed by atoms with Crippen molar-refractivity contribution in [1.29, 1.82) is 0 Å². The van der Waals surface area contributed by atoms with Crippen LogP contribution in [0.2, 0.25) is 0 Å². The first-order chi connectivity index (χ1) is 13.7. The number of rotatable bonds is 6. The normalized spacial score (nSPS) is 23.6.